The van der Waals surface area contributed by atoms with Gasteiger partial charge in [-0.1, -0.05) is 43.1 Å². The number of carboxylic acids is 1. The third-order valence-electron chi connectivity index (χ3n) is 4.74. The van der Waals surface area contributed by atoms with Gasteiger partial charge in [-0.25, -0.2) is 4.98 Å². The van der Waals surface area contributed by atoms with Crippen molar-refractivity contribution in [3.63, 3.8) is 0 Å². The molecule has 0 bridgehead atoms. The van der Waals surface area contributed by atoms with E-state index in [9.17, 15) is 9.90 Å². The molecule has 1 aliphatic carbocycles. The first-order chi connectivity index (χ1) is 13.5. The van der Waals surface area contributed by atoms with Crippen LogP contribution in [0.25, 0.3) is 0 Å². The number of ether oxygens (including phenoxy) is 1. The van der Waals surface area contributed by atoms with Crippen LogP contribution in [0.5, 0.6) is 0 Å². The third kappa shape index (κ3) is 3.40. The number of methoxy groups -OCH3 is 1. The molecular weight excluding hydrogens is 354 g/mol. The highest BCUT2D eigenvalue weighted by molar-refractivity contribution is 5.87. The van der Waals surface area contributed by atoms with E-state index in [-0.39, 0.29) is 0 Å². The Labute approximate surface area is 163 Å². The highest BCUT2D eigenvalue weighted by Crippen LogP contribution is 2.37. The highest BCUT2D eigenvalue weighted by Gasteiger charge is 2.47. The van der Waals surface area contributed by atoms with Crippen LogP contribution in [0.15, 0.2) is 54.9 Å². The second-order valence-electron chi connectivity index (χ2n) is 6.33. The molecule has 142 valence electrons. The summed E-state index contributed by atoms with van der Waals surface area (Å²) >= 11 is 0. The van der Waals surface area contributed by atoms with Gasteiger partial charge in [-0.3, -0.25) is 9.78 Å². The summed E-state index contributed by atoms with van der Waals surface area (Å²) in [6.07, 6.45) is 10.0. The number of aromatic nitrogens is 2. The first kappa shape index (κ1) is 19.3. The average molecular weight is 375 g/mol. The summed E-state index contributed by atoms with van der Waals surface area (Å²) in [5.74, 6) is 5.57. The fourth-order valence-electron chi connectivity index (χ4n) is 3.31. The number of aryl methyl sites for hydroxylation is 1. The minimum absolute atomic E-state index is 0.411. The van der Waals surface area contributed by atoms with Gasteiger partial charge in [-0.2, -0.15) is 0 Å². The normalized spacial score (nSPS) is 20.4. The van der Waals surface area contributed by atoms with Crippen LogP contribution < -0.4 is 5.73 Å². The van der Waals surface area contributed by atoms with Crippen molar-refractivity contribution in [3.05, 3.63) is 77.3 Å². The minimum Gasteiger partial charge on any atom is -0.480 e. The van der Waals surface area contributed by atoms with Gasteiger partial charge in [0.2, 0.25) is 0 Å². The topological polar surface area (TPSA) is 98.3 Å². The Morgan fingerprint density at radius 3 is 2.75 bits per heavy atom. The van der Waals surface area contributed by atoms with Gasteiger partial charge < -0.3 is 15.6 Å². The number of hydrogen-bond acceptors (Lipinski definition) is 5. The molecule has 2 atom stereocenters. The summed E-state index contributed by atoms with van der Waals surface area (Å²) in [7, 11) is 1.50. The molecule has 2 aromatic heterocycles. The van der Waals surface area contributed by atoms with Crippen LogP contribution >= 0.6 is 0 Å². The molecule has 2 heterocycles. The van der Waals surface area contributed by atoms with E-state index in [0.717, 1.165) is 5.69 Å². The predicted molar refractivity (Wildman–Crippen MR) is 107 cm³/mol. The van der Waals surface area contributed by atoms with Crippen molar-refractivity contribution in [2.24, 2.45) is 0 Å². The number of anilines is 1. The summed E-state index contributed by atoms with van der Waals surface area (Å²) in [5, 5.41) is 10.2. The van der Waals surface area contributed by atoms with E-state index < -0.39 is 17.5 Å². The number of carboxylic acid groups (broad SMARTS) is 1. The van der Waals surface area contributed by atoms with Gasteiger partial charge in [0.15, 0.2) is 0 Å². The van der Waals surface area contributed by atoms with Crippen LogP contribution in [0, 0.1) is 11.8 Å². The van der Waals surface area contributed by atoms with Crippen molar-refractivity contribution in [1.29, 1.82) is 0 Å². The number of aliphatic carboxylic acids is 1. The number of hydrogen-bond donors (Lipinski definition) is 2. The molecule has 3 rings (SSSR count). The Morgan fingerprint density at radius 1 is 1.29 bits per heavy atom. The Kier molecular flexibility index (Phi) is 5.57. The summed E-state index contributed by atoms with van der Waals surface area (Å²) < 4.78 is 5.52. The first-order valence-electron chi connectivity index (χ1n) is 8.87. The zero-order chi connectivity index (χ0) is 20.1. The number of carbonyl (C=O) groups is 1. The number of nitrogens with zero attached hydrogens (tertiary/aromatic N) is 2. The van der Waals surface area contributed by atoms with E-state index >= 15 is 0 Å². The highest BCUT2D eigenvalue weighted by atomic mass is 16.5. The second-order valence-corrected chi connectivity index (χ2v) is 6.33. The number of nitrogen functional groups attached to an aromatic ring is 1. The van der Waals surface area contributed by atoms with Gasteiger partial charge in [-0.15, -0.1) is 0 Å². The van der Waals surface area contributed by atoms with Crippen molar-refractivity contribution in [2.45, 2.75) is 24.9 Å². The van der Waals surface area contributed by atoms with Gasteiger partial charge >= 0.3 is 5.97 Å². The van der Waals surface area contributed by atoms with Gasteiger partial charge in [0, 0.05) is 25.1 Å². The molecule has 0 aliphatic heterocycles. The molecule has 6 heteroatoms. The Balaban J connectivity index is 2.22. The standard InChI is InChI=1S/C22H21N3O3/c1-3-18-16(9-7-15-8-10-20(23)25-14-15)17(11-13-24-18)22(21(26)27)12-5-4-6-19(22)28-2/h4-6,8,10-14,19H,3H2,1-2H3,(H2,23,25)(H,26,27). The number of rotatable bonds is 4. The van der Waals surface area contributed by atoms with Crippen LogP contribution in [-0.2, 0) is 21.4 Å². The number of pyridine rings is 2. The SMILES string of the molecule is CCc1nccc(C2(C(=O)O)C=CC=CC2OC)c1C#Cc1ccc(N)nc1. The maximum Gasteiger partial charge on any atom is 0.321 e. The first-order valence-corrected chi connectivity index (χ1v) is 8.87. The van der Waals surface area contributed by atoms with E-state index in [1.807, 2.05) is 6.92 Å². The van der Waals surface area contributed by atoms with Crippen molar-refractivity contribution >= 4 is 11.8 Å². The van der Waals surface area contributed by atoms with Crippen LogP contribution in [0.3, 0.4) is 0 Å². The van der Waals surface area contributed by atoms with E-state index in [2.05, 4.69) is 21.8 Å². The van der Waals surface area contributed by atoms with Gasteiger partial charge in [-0.05, 0) is 30.2 Å². The Bertz CT molecular complexity index is 1000. The lowest BCUT2D eigenvalue weighted by Gasteiger charge is -2.35. The molecule has 3 N–H and O–H groups in total. The van der Waals surface area contributed by atoms with Gasteiger partial charge in [0.25, 0.3) is 0 Å². The van der Waals surface area contributed by atoms with Crippen molar-refractivity contribution in [2.75, 3.05) is 12.8 Å². The molecule has 0 spiro atoms. The monoisotopic (exact) mass is 375 g/mol. The molecule has 0 saturated carbocycles. The van der Waals surface area contributed by atoms with Crippen LogP contribution in [0.2, 0.25) is 0 Å². The maximum absolute atomic E-state index is 12.5. The molecule has 0 fully saturated rings. The number of nitrogens with two attached hydrogens (primary N) is 1. The minimum atomic E-state index is -1.39. The van der Waals surface area contributed by atoms with E-state index in [1.165, 1.54) is 7.11 Å². The van der Waals surface area contributed by atoms with Gasteiger partial charge in [0.05, 0.1) is 17.4 Å². The molecule has 28 heavy (non-hydrogen) atoms. The summed E-state index contributed by atoms with van der Waals surface area (Å²) in [6, 6.07) is 5.14. The van der Waals surface area contributed by atoms with Gasteiger partial charge in [0.1, 0.15) is 11.2 Å². The number of allylic oxidation sites excluding steroid dienone is 2. The van der Waals surface area contributed by atoms with E-state index in [1.54, 1.807) is 54.9 Å². The molecule has 6 nitrogen and oxygen atoms in total. The predicted octanol–water partition coefficient (Wildman–Crippen LogP) is 2.48. The Morgan fingerprint density at radius 2 is 2.11 bits per heavy atom. The van der Waals surface area contributed by atoms with Crippen molar-refractivity contribution < 1.29 is 14.6 Å². The lowest BCUT2D eigenvalue weighted by Crippen LogP contribution is -2.47. The maximum atomic E-state index is 12.5. The molecule has 0 saturated heterocycles. The molecule has 2 aromatic rings. The molecule has 0 amide bonds. The van der Waals surface area contributed by atoms with Crippen LogP contribution in [-0.4, -0.2) is 34.3 Å². The van der Waals surface area contributed by atoms with E-state index in [0.29, 0.717) is 28.9 Å². The smallest absolute Gasteiger partial charge is 0.321 e. The lowest BCUT2D eigenvalue weighted by molar-refractivity contribution is -0.145. The fourth-order valence-corrected chi connectivity index (χ4v) is 3.31. The second kappa shape index (κ2) is 8.07. The molecular formula is C22H21N3O3. The Hall–Kier alpha value is -3.43. The molecule has 2 unspecified atom stereocenters. The van der Waals surface area contributed by atoms with Crippen LogP contribution in [0.4, 0.5) is 5.82 Å². The quantitative estimate of drug-likeness (QED) is 0.797. The van der Waals surface area contributed by atoms with E-state index in [4.69, 9.17) is 10.5 Å². The summed E-state index contributed by atoms with van der Waals surface area (Å²) in [6.45, 7) is 1.96. The molecule has 0 aromatic carbocycles. The summed E-state index contributed by atoms with van der Waals surface area (Å²) in [4.78, 5) is 20.9. The zero-order valence-corrected chi connectivity index (χ0v) is 15.7. The lowest BCUT2D eigenvalue weighted by atomic mass is 9.71. The fraction of sp³-hybridized carbons (Fsp3) is 0.227. The van der Waals surface area contributed by atoms with Crippen LogP contribution in [0.1, 0.15) is 29.3 Å². The average Bonchev–Trinajstić information content (AvgIpc) is 2.72. The summed E-state index contributed by atoms with van der Waals surface area (Å²) in [5.41, 5.74) is 6.78. The largest absolute Gasteiger partial charge is 0.480 e. The molecule has 0 radical (unpaired) electrons. The zero-order valence-electron chi connectivity index (χ0n) is 15.7. The molecule has 1 aliphatic rings. The van der Waals surface area contributed by atoms with Crippen molar-refractivity contribution in [3.8, 4) is 11.8 Å². The third-order valence-corrected chi connectivity index (χ3v) is 4.74. The van der Waals surface area contributed by atoms with Crippen molar-refractivity contribution in [1.82, 2.24) is 9.97 Å².